The van der Waals surface area contributed by atoms with E-state index in [0.717, 1.165) is 22.7 Å². The lowest BCUT2D eigenvalue weighted by Crippen LogP contribution is -2.49. The van der Waals surface area contributed by atoms with E-state index in [1.54, 1.807) is 13.8 Å². The molecule has 0 aliphatic carbocycles. The summed E-state index contributed by atoms with van der Waals surface area (Å²) < 4.78 is 52.3. The first-order valence-electron chi connectivity index (χ1n) is 8.55. The summed E-state index contributed by atoms with van der Waals surface area (Å²) >= 11 is 5.78. The van der Waals surface area contributed by atoms with Crippen LogP contribution in [0, 0.1) is 11.6 Å². The third-order valence-electron chi connectivity index (χ3n) is 4.22. The Hall–Kier alpha value is -2.19. The zero-order valence-corrected chi connectivity index (χ0v) is 17.2. The number of amides is 1. The van der Waals surface area contributed by atoms with Crippen LogP contribution in [0.25, 0.3) is 0 Å². The van der Waals surface area contributed by atoms with Gasteiger partial charge in [0.05, 0.1) is 23.0 Å². The summed E-state index contributed by atoms with van der Waals surface area (Å²) in [6.07, 6.45) is 1.13. The third kappa shape index (κ3) is 5.20. The number of nitrogens with zero attached hydrogens (tertiary/aromatic N) is 1. The summed E-state index contributed by atoms with van der Waals surface area (Å²) in [5.41, 5.74) is 0.755. The molecule has 5 nitrogen and oxygen atoms in total. The van der Waals surface area contributed by atoms with E-state index in [-0.39, 0.29) is 17.1 Å². The fourth-order valence-corrected chi connectivity index (χ4v) is 4.21. The van der Waals surface area contributed by atoms with Crippen molar-refractivity contribution in [1.29, 1.82) is 0 Å². The van der Waals surface area contributed by atoms with Crippen molar-refractivity contribution in [3.8, 4) is 0 Å². The average Bonchev–Trinajstić information content (AvgIpc) is 2.61. The van der Waals surface area contributed by atoms with Gasteiger partial charge in [0.1, 0.15) is 17.7 Å². The van der Waals surface area contributed by atoms with E-state index < -0.39 is 39.6 Å². The maximum atomic E-state index is 13.5. The molecule has 0 fully saturated rings. The molecule has 0 aliphatic heterocycles. The minimum Gasteiger partial charge on any atom is -0.348 e. The summed E-state index contributed by atoms with van der Waals surface area (Å²) in [7, 11) is -3.87. The molecule has 152 valence electrons. The first-order chi connectivity index (χ1) is 13.0. The highest BCUT2D eigenvalue weighted by Crippen LogP contribution is 2.27. The molecule has 0 saturated carbocycles. The molecule has 1 amide bonds. The summed E-state index contributed by atoms with van der Waals surface area (Å²) in [4.78, 5) is 12.8. The Bertz CT molecular complexity index is 952. The number of nitrogens with one attached hydrogen (secondary N) is 1. The second kappa shape index (κ2) is 8.87. The van der Waals surface area contributed by atoms with Crippen LogP contribution in [0.1, 0.15) is 31.9 Å². The standard InChI is InChI=1S/C19H21ClF2N2O3S/c1-4-18(19(25)23-12(2)13-5-7-14(21)8-6-13)24(28(3,26)27)15-9-10-17(22)16(20)11-15/h5-12,18H,4H2,1-3H3,(H,23,25)/t12-,18-/m0/s1. The first kappa shape index (κ1) is 22.1. The number of hydrogen-bond donors (Lipinski definition) is 1. The second-order valence-corrected chi connectivity index (χ2v) is 8.63. The number of sulfonamides is 1. The minimum atomic E-state index is -3.87. The molecule has 0 bridgehead atoms. The minimum absolute atomic E-state index is 0.0883. The smallest absolute Gasteiger partial charge is 0.244 e. The lowest BCUT2D eigenvalue weighted by atomic mass is 10.1. The van der Waals surface area contributed by atoms with E-state index in [1.807, 2.05) is 0 Å². The Morgan fingerprint density at radius 3 is 2.29 bits per heavy atom. The highest BCUT2D eigenvalue weighted by Gasteiger charge is 2.32. The van der Waals surface area contributed by atoms with E-state index in [9.17, 15) is 22.0 Å². The molecule has 1 N–H and O–H groups in total. The Kier molecular flexibility index (Phi) is 7.01. The van der Waals surface area contributed by atoms with Gasteiger partial charge in [0.25, 0.3) is 0 Å². The number of hydrogen-bond acceptors (Lipinski definition) is 3. The fraction of sp³-hybridized carbons (Fsp3) is 0.316. The molecule has 2 aromatic rings. The second-order valence-electron chi connectivity index (χ2n) is 6.36. The predicted molar refractivity (Wildman–Crippen MR) is 106 cm³/mol. The largest absolute Gasteiger partial charge is 0.348 e. The van der Waals surface area contributed by atoms with Gasteiger partial charge in [-0.05, 0) is 49.2 Å². The molecule has 0 radical (unpaired) electrons. The monoisotopic (exact) mass is 430 g/mol. The van der Waals surface area contributed by atoms with Gasteiger partial charge in [0.2, 0.25) is 15.9 Å². The number of carbonyl (C=O) groups is 1. The van der Waals surface area contributed by atoms with Gasteiger partial charge in [0, 0.05) is 0 Å². The maximum absolute atomic E-state index is 13.5. The molecule has 2 rings (SSSR count). The summed E-state index contributed by atoms with van der Waals surface area (Å²) in [6.45, 7) is 3.37. The number of halogens is 3. The maximum Gasteiger partial charge on any atom is 0.244 e. The summed E-state index contributed by atoms with van der Waals surface area (Å²) in [5.74, 6) is -1.63. The van der Waals surface area contributed by atoms with Crippen molar-refractivity contribution in [3.63, 3.8) is 0 Å². The highest BCUT2D eigenvalue weighted by molar-refractivity contribution is 7.92. The van der Waals surface area contributed by atoms with Gasteiger partial charge in [0.15, 0.2) is 0 Å². The molecular formula is C19H21ClF2N2O3S. The van der Waals surface area contributed by atoms with Crippen molar-refractivity contribution in [1.82, 2.24) is 5.32 Å². The Labute approximate surface area is 168 Å². The van der Waals surface area contributed by atoms with Gasteiger partial charge in [-0.15, -0.1) is 0 Å². The quantitative estimate of drug-likeness (QED) is 0.720. The van der Waals surface area contributed by atoms with Crippen LogP contribution in [0.15, 0.2) is 42.5 Å². The van der Waals surface area contributed by atoms with Gasteiger partial charge in [-0.2, -0.15) is 0 Å². The van der Waals surface area contributed by atoms with Crippen molar-refractivity contribution in [2.45, 2.75) is 32.4 Å². The van der Waals surface area contributed by atoms with E-state index in [2.05, 4.69) is 5.32 Å². The van der Waals surface area contributed by atoms with Gasteiger partial charge in [-0.25, -0.2) is 17.2 Å². The SMILES string of the molecule is CC[C@@H](C(=O)N[C@@H](C)c1ccc(F)cc1)N(c1ccc(F)c(Cl)c1)S(C)(=O)=O. The lowest BCUT2D eigenvalue weighted by Gasteiger charge is -2.31. The molecule has 0 unspecified atom stereocenters. The highest BCUT2D eigenvalue weighted by atomic mass is 35.5. The Morgan fingerprint density at radius 1 is 1.18 bits per heavy atom. The molecule has 0 aliphatic rings. The van der Waals surface area contributed by atoms with Crippen molar-refractivity contribution in [3.05, 3.63) is 64.7 Å². The molecule has 0 saturated heterocycles. The lowest BCUT2D eigenvalue weighted by molar-refractivity contribution is -0.122. The Morgan fingerprint density at radius 2 is 1.79 bits per heavy atom. The van der Waals surface area contributed by atoms with Crippen molar-refractivity contribution < 1.29 is 22.0 Å². The van der Waals surface area contributed by atoms with Crippen LogP contribution in [0.5, 0.6) is 0 Å². The van der Waals surface area contributed by atoms with Crippen LogP contribution < -0.4 is 9.62 Å². The van der Waals surface area contributed by atoms with Crippen molar-refractivity contribution in [2.24, 2.45) is 0 Å². The van der Waals surface area contributed by atoms with Crippen molar-refractivity contribution >= 4 is 33.2 Å². The molecular weight excluding hydrogens is 410 g/mol. The van der Waals surface area contributed by atoms with Gasteiger partial charge < -0.3 is 5.32 Å². The summed E-state index contributed by atoms with van der Waals surface area (Å²) in [6, 6.07) is 7.54. The molecule has 9 heteroatoms. The molecule has 28 heavy (non-hydrogen) atoms. The molecule has 0 heterocycles. The van der Waals surface area contributed by atoms with Crippen LogP contribution >= 0.6 is 11.6 Å². The average molecular weight is 431 g/mol. The fourth-order valence-electron chi connectivity index (χ4n) is 2.83. The van der Waals surface area contributed by atoms with Crippen LogP contribution in [0.2, 0.25) is 5.02 Å². The Balaban J connectivity index is 2.33. The van der Waals surface area contributed by atoms with E-state index in [0.29, 0.717) is 5.56 Å². The van der Waals surface area contributed by atoms with Crippen LogP contribution in [-0.2, 0) is 14.8 Å². The number of anilines is 1. The normalized spacial score (nSPS) is 13.6. The zero-order valence-electron chi connectivity index (χ0n) is 15.6. The number of rotatable bonds is 7. The van der Waals surface area contributed by atoms with Crippen LogP contribution in [-0.4, -0.2) is 26.6 Å². The van der Waals surface area contributed by atoms with Gasteiger partial charge in [-0.1, -0.05) is 30.7 Å². The van der Waals surface area contributed by atoms with Crippen LogP contribution in [0.3, 0.4) is 0 Å². The number of carbonyl (C=O) groups excluding carboxylic acids is 1. The van der Waals surface area contributed by atoms with E-state index in [1.165, 1.54) is 30.3 Å². The van der Waals surface area contributed by atoms with Gasteiger partial charge >= 0.3 is 0 Å². The molecule has 2 atom stereocenters. The molecule has 2 aromatic carbocycles. The predicted octanol–water partition coefficient (Wildman–Crippen LogP) is 4.04. The molecule has 0 aromatic heterocycles. The third-order valence-corrected chi connectivity index (χ3v) is 5.69. The molecule has 0 spiro atoms. The van der Waals surface area contributed by atoms with E-state index >= 15 is 0 Å². The van der Waals surface area contributed by atoms with Gasteiger partial charge in [-0.3, -0.25) is 9.10 Å². The first-order valence-corrected chi connectivity index (χ1v) is 10.8. The summed E-state index contributed by atoms with van der Waals surface area (Å²) in [5, 5.41) is 2.49. The van der Waals surface area contributed by atoms with Crippen LogP contribution in [0.4, 0.5) is 14.5 Å². The topological polar surface area (TPSA) is 66.5 Å². The van der Waals surface area contributed by atoms with Crippen molar-refractivity contribution in [2.75, 3.05) is 10.6 Å². The zero-order chi connectivity index (χ0) is 21.1. The van der Waals surface area contributed by atoms with E-state index in [4.69, 9.17) is 11.6 Å². The number of benzene rings is 2.